The van der Waals surface area contributed by atoms with Gasteiger partial charge >= 0.3 is 0 Å². The predicted molar refractivity (Wildman–Crippen MR) is 55.3 cm³/mol. The van der Waals surface area contributed by atoms with Crippen molar-refractivity contribution in [3.63, 3.8) is 0 Å². The minimum atomic E-state index is -0.109. The quantitative estimate of drug-likeness (QED) is 0.619. The first-order valence-electron chi connectivity index (χ1n) is 4.88. The summed E-state index contributed by atoms with van der Waals surface area (Å²) in [7, 11) is 0. The van der Waals surface area contributed by atoms with Crippen LogP contribution in [0.3, 0.4) is 0 Å². The second kappa shape index (κ2) is 4.28. The van der Waals surface area contributed by atoms with Crippen LogP contribution in [0.1, 0.15) is 18.2 Å². The molecule has 1 aliphatic rings. The highest BCUT2D eigenvalue weighted by Gasteiger charge is 2.12. The van der Waals surface area contributed by atoms with Crippen molar-refractivity contribution in [1.82, 2.24) is 9.78 Å². The molecule has 0 aliphatic carbocycles. The topological polar surface area (TPSA) is 44.1 Å². The molecule has 1 aromatic rings. The van der Waals surface area contributed by atoms with Crippen LogP contribution in [-0.4, -0.2) is 16.4 Å². The average molecular weight is 204 g/mol. The summed E-state index contributed by atoms with van der Waals surface area (Å²) in [5, 5.41) is 4.27. The second-order valence-electron chi connectivity index (χ2n) is 3.34. The van der Waals surface area contributed by atoms with Crippen molar-refractivity contribution in [2.24, 2.45) is 0 Å². The average Bonchev–Trinajstić information content (AvgIpc) is 2.26. The van der Waals surface area contributed by atoms with Gasteiger partial charge in [-0.05, 0) is 6.92 Å². The molecule has 0 saturated heterocycles. The standard InChI is InChI=1S/C11H12N2O2/c1-2-3-5-13-11(14)7-9-8-15-6-4-10(9)12-13/h7H,4-6,8H2,1H3. The minimum absolute atomic E-state index is 0.109. The highest BCUT2D eigenvalue weighted by atomic mass is 16.5. The third kappa shape index (κ3) is 2.08. The Bertz CT molecular complexity index is 480. The molecule has 4 nitrogen and oxygen atoms in total. The maximum atomic E-state index is 11.6. The first-order chi connectivity index (χ1) is 7.31. The Hall–Kier alpha value is -1.60. The summed E-state index contributed by atoms with van der Waals surface area (Å²) in [5.41, 5.74) is 1.76. The maximum Gasteiger partial charge on any atom is 0.268 e. The number of hydrogen-bond donors (Lipinski definition) is 0. The van der Waals surface area contributed by atoms with Crippen molar-refractivity contribution < 1.29 is 4.74 Å². The Balaban J connectivity index is 2.39. The Morgan fingerprint density at radius 2 is 2.53 bits per heavy atom. The zero-order valence-electron chi connectivity index (χ0n) is 8.62. The zero-order chi connectivity index (χ0) is 10.7. The van der Waals surface area contributed by atoms with Crippen LogP contribution in [0.4, 0.5) is 0 Å². The van der Waals surface area contributed by atoms with E-state index in [1.54, 1.807) is 13.0 Å². The zero-order valence-corrected chi connectivity index (χ0v) is 8.62. The molecule has 0 bridgehead atoms. The Labute approximate surface area is 87.9 Å². The molecule has 2 heterocycles. The predicted octanol–water partition coefficient (Wildman–Crippen LogP) is 0.339. The monoisotopic (exact) mass is 204 g/mol. The van der Waals surface area contributed by atoms with Crippen LogP contribution in [0.2, 0.25) is 0 Å². The van der Waals surface area contributed by atoms with Crippen LogP contribution in [0.5, 0.6) is 0 Å². The fourth-order valence-electron chi connectivity index (χ4n) is 1.52. The Kier molecular flexibility index (Phi) is 2.84. The van der Waals surface area contributed by atoms with E-state index < -0.39 is 0 Å². The molecule has 0 spiro atoms. The van der Waals surface area contributed by atoms with Gasteiger partial charge in [0.25, 0.3) is 5.56 Å². The third-order valence-electron chi connectivity index (χ3n) is 2.31. The third-order valence-corrected chi connectivity index (χ3v) is 2.31. The smallest absolute Gasteiger partial charge is 0.268 e. The number of ether oxygens (including phenoxy) is 1. The molecule has 4 heteroatoms. The van der Waals surface area contributed by atoms with E-state index in [2.05, 4.69) is 16.9 Å². The summed E-state index contributed by atoms with van der Waals surface area (Å²) >= 11 is 0. The van der Waals surface area contributed by atoms with Crippen molar-refractivity contribution >= 4 is 0 Å². The molecule has 1 aliphatic heterocycles. The maximum absolute atomic E-state index is 11.6. The van der Waals surface area contributed by atoms with Gasteiger partial charge in [0.1, 0.15) is 6.54 Å². The van der Waals surface area contributed by atoms with Crippen LogP contribution >= 0.6 is 0 Å². The highest BCUT2D eigenvalue weighted by Crippen LogP contribution is 2.11. The SMILES string of the molecule is CC#CCn1nc2c(cc1=O)COCC2. The molecule has 15 heavy (non-hydrogen) atoms. The molecule has 0 aromatic carbocycles. The lowest BCUT2D eigenvalue weighted by Crippen LogP contribution is -2.27. The van der Waals surface area contributed by atoms with Gasteiger partial charge in [-0.2, -0.15) is 5.10 Å². The van der Waals surface area contributed by atoms with E-state index in [1.165, 1.54) is 4.68 Å². The Morgan fingerprint density at radius 3 is 3.33 bits per heavy atom. The summed E-state index contributed by atoms with van der Waals surface area (Å²) in [4.78, 5) is 11.6. The van der Waals surface area contributed by atoms with E-state index in [-0.39, 0.29) is 5.56 Å². The lowest BCUT2D eigenvalue weighted by atomic mass is 10.1. The van der Waals surface area contributed by atoms with Gasteiger partial charge in [-0.25, -0.2) is 4.68 Å². The summed E-state index contributed by atoms with van der Waals surface area (Å²) in [6, 6.07) is 1.60. The van der Waals surface area contributed by atoms with Gasteiger partial charge in [-0.15, -0.1) is 5.92 Å². The summed E-state index contributed by atoms with van der Waals surface area (Å²) in [6.45, 7) is 3.29. The summed E-state index contributed by atoms with van der Waals surface area (Å²) in [6.07, 6.45) is 0.773. The van der Waals surface area contributed by atoms with Crippen molar-refractivity contribution in [2.75, 3.05) is 6.61 Å². The van der Waals surface area contributed by atoms with E-state index in [4.69, 9.17) is 4.74 Å². The molecule has 1 aromatic heterocycles. The van der Waals surface area contributed by atoms with Crippen LogP contribution in [0.15, 0.2) is 10.9 Å². The van der Waals surface area contributed by atoms with Gasteiger partial charge in [0.15, 0.2) is 0 Å². The van der Waals surface area contributed by atoms with Crippen LogP contribution in [-0.2, 0) is 24.3 Å². The molecule has 0 atom stereocenters. The van der Waals surface area contributed by atoms with Gasteiger partial charge in [0, 0.05) is 18.1 Å². The summed E-state index contributed by atoms with van der Waals surface area (Å²) in [5.74, 6) is 5.58. The first kappa shape index (κ1) is 9.94. The van der Waals surface area contributed by atoms with Gasteiger partial charge in [-0.3, -0.25) is 4.79 Å². The number of aromatic nitrogens is 2. The van der Waals surface area contributed by atoms with Crippen molar-refractivity contribution in [2.45, 2.75) is 26.5 Å². The first-order valence-corrected chi connectivity index (χ1v) is 4.88. The van der Waals surface area contributed by atoms with Crippen molar-refractivity contribution in [3.8, 4) is 11.8 Å². The highest BCUT2D eigenvalue weighted by molar-refractivity contribution is 5.19. The molecule has 0 amide bonds. The second-order valence-corrected chi connectivity index (χ2v) is 3.34. The van der Waals surface area contributed by atoms with E-state index in [0.29, 0.717) is 19.8 Å². The number of nitrogens with zero attached hydrogens (tertiary/aromatic N) is 2. The summed E-state index contributed by atoms with van der Waals surface area (Å²) < 4.78 is 6.66. The lowest BCUT2D eigenvalue weighted by Gasteiger charge is -2.15. The molecule has 0 fully saturated rings. The van der Waals surface area contributed by atoms with Gasteiger partial charge < -0.3 is 4.74 Å². The van der Waals surface area contributed by atoms with Gasteiger partial charge in [0.05, 0.1) is 18.9 Å². The van der Waals surface area contributed by atoms with E-state index in [1.807, 2.05) is 0 Å². The van der Waals surface area contributed by atoms with Crippen LogP contribution in [0, 0.1) is 11.8 Å². The normalized spacial score (nSPS) is 13.9. The van der Waals surface area contributed by atoms with E-state index in [9.17, 15) is 4.79 Å². The van der Waals surface area contributed by atoms with Crippen LogP contribution in [0.25, 0.3) is 0 Å². The molecule has 0 radical (unpaired) electrons. The van der Waals surface area contributed by atoms with Crippen molar-refractivity contribution in [3.05, 3.63) is 27.7 Å². The molecular weight excluding hydrogens is 192 g/mol. The molecule has 0 unspecified atom stereocenters. The number of hydrogen-bond acceptors (Lipinski definition) is 3. The minimum Gasteiger partial charge on any atom is -0.376 e. The molecular formula is C11H12N2O2. The Morgan fingerprint density at radius 1 is 1.67 bits per heavy atom. The lowest BCUT2D eigenvalue weighted by molar-refractivity contribution is 0.108. The molecule has 0 saturated carbocycles. The van der Waals surface area contributed by atoms with Crippen LogP contribution < -0.4 is 5.56 Å². The molecule has 78 valence electrons. The largest absolute Gasteiger partial charge is 0.376 e. The van der Waals surface area contributed by atoms with Crippen molar-refractivity contribution in [1.29, 1.82) is 0 Å². The molecule has 0 N–H and O–H groups in total. The number of fused-ring (bicyclic) bond motifs is 1. The fourth-order valence-corrected chi connectivity index (χ4v) is 1.52. The van der Waals surface area contributed by atoms with Gasteiger partial charge in [0.2, 0.25) is 0 Å². The van der Waals surface area contributed by atoms with E-state index >= 15 is 0 Å². The number of rotatable bonds is 1. The van der Waals surface area contributed by atoms with E-state index in [0.717, 1.165) is 17.7 Å². The fraction of sp³-hybridized carbons (Fsp3) is 0.455. The van der Waals surface area contributed by atoms with Gasteiger partial charge in [-0.1, -0.05) is 5.92 Å². The molecule has 2 rings (SSSR count).